The molecule has 0 radical (unpaired) electrons. The summed E-state index contributed by atoms with van der Waals surface area (Å²) < 4.78 is 24.7. The van der Waals surface area contributed by atoms with Crippen molar-refractivity contribution in [2.45, 2.75) is 24.9 Å². The second-order valence-electron chi connectivity index (χ2n) is 5.96. The number of rotatable bonds is 3. The van der Waals surface area contributed by atoms with Gasteiger partial charge < -0.3 is 5.32 Å². The van der Waals surface area contributed by atoms with E-state index in [1.807, 2.05) is 0 Å². The second-order valence-corrected chi connectivity index (χ2v) is 9.39. The van der Waals surface area contributed by atoms with E-state index in [1.165, 1.54) is 6.20 Å². The molecule has 126 valence electrons. The van der Waals surface area contributed by atoms with Gasteiger partial charge >= 0.3 is 0 Å². The minimum absolute atomic E-state index is 0.0288. The zero-order valence-corrected chi connectivity index (χ0v) is 15.5. The van der Waals surface area contributed by atoms with Crippen LogP contribution in [0.15, 0.2) is 16.7 Å². The van der Waals surface area contributed by atoms with E-state index in [2.05, 4.69) is 31.1 Å². The predicted molar refractivity (Wildman–Crippen MR) is 91.5 cm³/mol. The number of likely N-dealkylation sites (tertiary alicyclic amines) is 1. The first-order valence-electron chi connectivity index (χ1n) is 7.42. The van der Waals surface area contributed by atoms with E-state index in [0.29, 0.717) is 4.47 Å². The standard InChI is InChI=1S/C14H17BrClN3O3S/c15-9-5-10(13(16)17-6-9)14(20)18-11-7-23(21,22)8-12(11)19-3-1-2-4-19/h5-6,11-12H,1-4,7-8H2,(H,18,20). The van der Waals surface area contributed by atoms with Gasteiger partial charge in [-0.25, -0.2) is 13.4 Å². The van der Waals surface area contributed by atoms with Crippen molar-refractivity contribution in [2.24, 2.45) is 0 Å². The molecule has 3 rings (SSSR count). The quantitative estimate of drug-likeness (QED) is 0.747. The highest BCUT2D eigenvalue weighted by Crippen LogP contribution is 2.24. The molecule has 23 heavy (non-hydrogen) atoms. The van der Waals surface area contributed by atoms with Crippen LogP contribution < -0.4 is 5.32 Å². The Kier molecular flexibility index (Phi) is 4.96. The van der Waals surface area contributed by atoms with Crippen LogP contribution in [0.25, 0.3) is 0 Å². The number of amides is 1. The van der Waals surface area contributed by atoms with E-state index in [0.717, 1.165) is 25.9 Å². The Morgan fingerprint density at radius 1 is 1.35 bits per heavy atom. The molecule has 0 saturated carbocycles. The maximum absolute atomic E-state index is 12.5. The lowest BCUT2D eigenvalue weighted by atomic mass is 10.1. The van der Waals surface area contributed by atoms with Gasteiger partial charge in [-0.3, -0.25) is 9.69 Å². The normalized spacial score (nSPS) is 27.2. The Labute approximate surface area is 148 Å². The van der Waals surface area contributed by atoms with Crippen molar-refractivity contribution in [3.8, 4) is 0 Å². The van der Waals surface area contributed by atoms with Gasteiger partial charge in [0.25, 0.3) is 5.91 Å². The molecule has 2 fully saturated rings. The fourth-order valence-corrected chi connectivity index (χ4v) is 5.70. The summed E-state index contributed by atoms with van der Waals surface area (Å²) in [6.07, 6.45) is 3.64. The second kappa shape index (κ2) is 6.66. The highest BCUT2D eigenvalue weighted by Gasteiger charge is 2.42. The van der Waals surface area contributed by atoms with E-state index < -0.39 is 21.8 Å². The van der Waals surface area contributed by atoms with Gasteiger partial charge in [0.15, 0.2) is 9.84 Å². The summed E-state index contributed by atoms with van der Waals surface area (Å²) in [5.41, 5.74) is 0.241. The maximum atomic E-state index is 12.5. The lowest BCUT2D eigenvalue weighted by Crippen LogP contribution is -2.50. The lowest BCUT2D eigenvalue weighted by Gasteiger charge is -2.28. The number of halogens is 2. The smallest absolute Gasteiger partial charge is 0.254 e. The molecule has 1 N–H and O–H groups in total. The molecule has 2 atom stereocenters. The van der Waals surface area contributed by atoms with Crippen molar-refractivity contribution in [3.05, 3.63) is 27.5 Å². The third-order valence-corrected chi connectivity index (χ3v) is 6.75. The minimum atomic E-state index is -3.14. The molecule has 2 aliphatic heterocycles. The summed E-state index contributed by atoms with van der Waals surface area (Å²) in [7, 11) is -3.14. The van der Waals surface area contributed by atoms with Crippen molar-refractivity contribution >= 4 is 43.3 Å². The van der Waals surface area contributed by atoms with Crippen LogP contribution >= 0.6 is 27.5 Å². The summed E-state index contributed by atoms with van der Waals surface area (Å²) in [5, 5.41) is 2.94. The fourth-order valence-electron chi connectivity index (χ4n) is 3.23. The Morgan fingerprint density at radius 3 is 2.74 bits per heavy atom. The molecule has 2 saturated heterocycles. The molecule has 1 aromatic heterocycles. The Hall–Kier alpha value is -0.700. The van der Waals surface area contributed by atoms with Crippen molar-refractivity contribution < 1.29 is 13.2 Å². The van der Waals surface area contributed by atoms with Crippen molar-refractivity contribution in [1.82, 2.24) is 15.2 Å². The van der Waals surface area contributed by atoms with E-state index in [1.54, 1.807) is 6.07 Å². The summed E-state index contributed by atoms with van der Waals surface area (Å²) in [6, 6.07) is 1.00. The minimum Gasteiger partial charge on any atom is -0.347 e. The van der Waals surface area contributed by atoms with Crippen LogP contribution in [0, 0.1) is 0 Å². The molecule has 1 aromatic rings. The Bertz CT molecular complexity index is 722. The van der Waals surface area contributed by atoms with Gasteiger partial charge in [-0.2, -0.15) is 0 Å². The topological polar surface area (TPSA) is 79.4 Å². The van der Waals surface area contributed by atoms with E-state index in [4.69, 9.17) is 11.6 Å². The number of aromatic nitrogens is 1. The molecule has 6 nitrogen and oxygen atoms in total. The number of hydrogen-bond donors (Lipinski definition) is 1. The van der Waals surface area contributed by atoms with Crippen molar-refractivity contribution in [1.29, 1.82) is 0 Å². The zero-order valence-electron chi connectivity index (χ0n) is 12.3. The van der Waals surface area contributed by atoms with Gasteiger partial charge in [-0.15, -0.1) is 0 Å². The summed E-state index contributed by atoms with van der Waals surface area (Å²) in [6.45, 7) is 1.76. The molecule has 0 aliphatic carbocycles. The number of hydrogen-bond acceptors (Lipinski definition) is 5. The van der Waals surface area contributed by atoms with Gasteiger partial charge in [-0.1, -0.05) is 11.6 Å². The average molecular weight is 423 g/mol. The van der Waals surface area contributed by atoms with Gasteiger partial charge in [0.2, 0.25) is 0 Å². The van der Waals surface area contributed by atoms with Gasteiger partial charge in [0.05, 0.1) is 23.1 Å². The van der Waals surface area contributed by atoms with Crippen molar-refractivity contribution in [3.63, 3.8) is 0 Å². The average Bonchev–Trinajstić information content (AvgIpc) is 3.09. The van der Waals surface area contributed by atoms with Crippen LogP contribution in [0.3, 0.4) is 0 Å². The molecule has 0 bridgehead atoms. The number of nitrogens with zero attached hydrogens (tertiary/aromatic N) is 2. The van der Waals surface area contributed by atoms with E-state index in [-0.39, 0.29) is 28.3 Å². The van der Waals surface area contributed by atoms with Gasteiger partial charge in [-0.05, 0) is 47.9 Å². The molecule has 1 amide bonds. The SMILES string of the molecule is O=C(NC1CS(=O)(=O)CC1N1CCCC1)c1cc(Br)cnc1Cl. The first kappa shape index (κ1) is 17.1. The molecule has 0 spiro atoms. The maximum Gasteiger partial charge on any atom is 0.254 e. The van der Waals surface area contributed by atoms with Crippen LogP contribution in [-0.4, -0.2) is 60.9 Å². The van der Waals surface area contributed by atoms with Crippen molar-refractivity contribution in [2.75, 3.05) is 24.6 Å². The number of nitrogens with one attached hydrogen (secondary N) is 1. The molecule has 0 aromatic carbocycles. The van der Waals surface area contributed by atoms with E-state index in [9.17, 15) is 13.2 Å². The molecule has 2 aliphatic rings. The van der Waals surface area contributed by atoms with Crippen LogP contribution in [0.5, 0.6) is 0 Å². The number of pyridine rings is 1. The van der Waals surface area contributed by atoms with Crippen LogP contribution in [0.2, 0.25) is 5.15 Å². The lowest BCUT2D eigenvalue weighted by molar-refractivity contribution is 0.0918. The zero-order chi connectivity index (χ0) is 16.6. The first-order valence-corrected chi connectivity index (χ1v) is 10.4. The van der Waals surface area contributed by atoms with Gasteiger partial charge in [0.1, 0.15) is 5.15 Å². The highest BCUT2D eigenvalue weighted by atomic mass is 79.9. The molecule has 9 heteroatoms. The molecular weight excluding hydrogens is 406 g/mol. The summed E-state index contributed by atoms with van der Waals surface area (Å²) in [5.74, 6) is -0.323. The number of carbonyl (C=O) groups excluding carboxylic acids is 1. The predicted octanol–water partition coefficient (Wildman–Crippen LogP) is 1.49. The largest absolute Gasteiger partial charge is 0.347 e. The first-order chi connectivity index (χ1) is 10.9. The number of carbonyl (C=O) groups is 1. The van der Waals surface area contributed by atoms with Crippen LogP contribution in [-0.2, 0) is 9.84 Å². The third-order valence-electron chi connectivity index (χ3n) is 4.30. The Morgan fingerprint density at radius 2 is 2.04 bits per heavy atom. The van der Waals surface area contributed by atoms with E-state index >= 15 is 0 Å². The monoisotopic (exact) mass is 421 g/mol. The highest BCUT2D eigenvalue weighted by molar-refractivity contribution is 9.10. The molecular formula is C14H17BrClN3O3S. The fraction of sp³-hybridized carbons (Fsp3) is 0.571. The summed E-state index contributed by atoms with van der Waals surface area (Å²) >= 11 is 9.23. The van der Waals surface area contributed by atoms with Gasteiger partial charge in [0, 0.05) is 16.7 Å². The molecule has 2 unspecified atom stereocenters. The third kappa shape index (κ3) is 3.87. The van der Waals surface area contributed by atoms with Crippen LogP contribution in [0.1, 0.15) is 23.2 Å². The Balaban J connectivity index is 1.79. The number of sulfone groups is 1. The summed E-state index contributed by atoms with van der Waals surface area (Å²) in [4.78, 5) is 18.6. The molecule has 3 heterocycles. The van der Waals surface area contributed by atoms with Crippen LogP contribution in [0.4, 0.5) is 0 Å².